The van der Waals surface area contributed by atoms with Crippen molar-refractivity contribution < 1.29 is 4.79 Å². The molecule has 1 heterocycles. The highest BCUT2D eigenvalue weighted by Gasteiger charge is 2.21. The molecule has 92 valence electrons. The fourth-order valence-corrected chi connectivity index (χ4v) is 2.49. The fourth-order valence-electron chi connectivity index (χ4n) is 2.19. The number of halogens is 1. The molecule has 17 heavy (non-hydrogen) atoms. The third-order valence-electron chi connectivity index (χ3n) is 2.97. The van der Waals surface area contributed by atoms with Crippen molar-refractivity contribution in [1.29, 1.82) is 0 Å². The van der Waals surface area contributed by atoms with E-state index in [0.29, 0.717) is 17.4 Å². The lowest BCUT2D eigenvalue weighted by Gasteiger charge is -2.17. The second-order valence-electron chi connectivity index (χ2n) is 4.99. The van der Waals surface area contributed by atoms with Crippen LogP contribution in [0.15, 0.2) is 12.1 Å². The Morgan fingerprint density at radius 1 is 1.47 bits per heavy atom. The number of carbonyl (C=O) groups is 1. The van der Waals surface area contributed by atoms with E-state index in [4.69, 9.17) is 17.3 Å². The highest BCUT2D eigenvalue weighted by molar-refractivity contribution is 6.32. The first-order valence-corrected chi connectivity index (χ1v) is 6.23. The lowest BCUT2D eigenvalue weighted by atomic mass is 9.96. The third-order valence-corrected chi connectivity index (χ3v) is 3.30. The molecule has 1 amide bonds. The third kappa shape index (κ3) is 2.61. The number of hydrogen-bond donors (Lipinski definition) is 2. The number of hydrogen-bond acceptors (Lipinski definition) is 2. The largest absolute Gasteiger partial charge is 0.325 e. The minimum absolute atomic E-state index is 0.0191. The molecule has 0 radical (unpaired) electrons. The zero-order valence-electron chi connectivity index (χ0n) is 10.1. The molecule has 0 saturated carbocycles. The van der Waals surface area contributed by atoms with Crippen LogP contribution in [0.25, 0.3) is 0 Å². The number of fused-ring (bicyclic) bond motifs is 1. The van der Waals surface area contributed by atoms with Crippen LogP contribution >= 0.6 is 11.6 Å². The van der Waals surface area contributed by atoms with Crippen molar-refractivity contribution in [3.63, 3.8) is 0 Å². The van der Waals surface area contributed by atoms with Crippen LogP contribution in [-0.2, 0) is 11.2 Å². The van der Waals surface area contributed by atoms with Gasteiger partial charge < -0.3 is 11.1 Å². The summed E-state index contributed by atoms with van der Waals surface area (Å²) >= 11 is 6.20. The van der Waals surface area contributed by atoms with E-state index in [-0.39, 0.29) is 11.9 Å². The molecule has 0 aliphatic carbocycles. The number of nitrogens with one attached hydrogen (secondary N) is 1. The van der Waals surface area contributed by atoms with E-state index >= 15 is 0 Å². The van der Waals surface area contributed by atoms with Crippen LogP contribution in [0, 0.1) is 5.92 Å². The van der Waals surface area contributed by atoms with E-state index < -0.39 is 0 Å². The van der Waals surface area contributed by atoms with E-state index in [1.54, 1.807) is 6.07 Å². The molecule has 1 aromatic carbocycles. The number of benzene rings is 1. The lowest BCUT2D eigenvalue weighted by Crippen LogP contribution is -2.13. The monoisotopic (exact) mass is 252 g/mol. The van der Waals surface area contributed by atoms with Gasteiger partial charge in [-0.05, 0) is 29.5 Å². The molecule has 3 N–H and O–H groups in total. The molecule has 0 fully saturated rings. The number of carbonyl (C=O) groups excluding carboxylic acids is 1. The summed E-state index contributed by atoms with van der Waals surface area (Å²) in [6.45, 7) is 4.26. The summed E-state index contributed by atoms with van der Waals surface area (Å²) in [5.41, 5.74) is 8.89. The Bertz CT molecular complexity index is 457. The maximum atomic E-state index is 11.3. The van der Waals surface area contributed by atoms with Gasteiger partial charge in [-0.25, -0.2) is 0 Å². The first-order valence-electron chi connectivity index (χ1n) is 5.85. The normalized spacial score (nSPS) is 15.9. The summed E-state index contributed by atoms with van der Waals surface area (Å²) in [7, 11) is 0. The quantitative estimate of drug-likeness (QED) is 0.869. The van der Waals surface area contributed by atoms with Crippen molar-refractivity contribution in [2.75, 3.05) is 5.32 Å². The first kappa shape index (κ1) is 12.4. The van der Waals surface area contributed by atoms with E-state index in [0.717, 1.165) is 23.2 Å². The van der Waals surface area contributed by atoms with Crippen molar-refractivity contribution in [3.05, 3.63) is 28.3 Å². The molecule has 3 nitrogen and oxygen atoms in total. The van der Waals surface area contributed by atoms with Crippen LogP contribution in [0.3, 0.4) is 0 Å². The molecule has 1 atom stereocenters. The zero-order chi connectivity index (χ0) is 12.6. The van der Waals surface area contributed by atoms with E-state index in [9.17, 15) is 4.79 Å². The SMILES string of the molecule is CC(C)CC(N)c1cc2c(cc1Cl)NC(=O)C2. The maximum absolute atomic E-state index is 11.3. The molecule has 0 spiro atoms. The molecule has 2 rings (SSSR count). The Morgan fingerprint density at radius 3 is 2.82 bits per heavy atom. The van der Waals surface area contributed by atoms with E-state index in [1.807, 2.05) is 6.07 Å². The molecule has 1 aromatic rings. The smallest absolute Gasteiger partial charge is 0.228 e. The summed E-state index contributed by atoms with van der Waals surface area (Å²) in [5.74, 6) is 0.541. The second kappa shape index (κ2) is 4.67. The number of rotatable bonds is 3. The first-order chi connectivity index (χ1) is 7.97. The van der Waals surface area contributed by atoms with Crippen molar-refractivity contribution in [1.82, 2.24) is 0 Å². The van der Waals surface area contributed by atoms with Crippen molar-refractivity contribution >= 4 is 23.2 Å². The number of nitrogens with two attached hydrogens (primary N) is 1. The number of anilines is 1. The zero-order valence-corrected chi connectivity index (χ0v) is 10.8. The van der Waals surface area contributed by atoms with E-state index in [2.05, 4.69) is 19.2 Å². The summed E-state index contributed by atoms with van der Waals surface area (Å²) < 4.78 is 0. The minimum Gasteiger partial charge on any atom is -0.325 e. The van der Waals surface area contributed by atoms with Crippen LogP contribution in [0.2, 0.25) is 5.02 Å². The van der Waals surface area contributed by atoms with Gasteiger partial charge in [-0.3, -0.25) is 4.79 Å². The van der Waals surface area contributed by atoms with Gasteiger partial charge in [-0.1, -0.05) is 31.5 Å². The van der Waals surface area contributed by atoms with Gasteiger partial charge in [0.15, 0.2) is 0 Å². The van der Waals surface area contributed by atoms with Crippen LogP contribution in [0.4, 0.5) is 5.69 Å². The highest BCUT2D eigenvalue weighted by atomic mass is 35.5. The number of amides is 1. The van der Waals surface area contributed by atoms with E-state index in [1.165, 1.54) is 0 Å². The van der Waals surface area contributed by atoms with Gasteiger partial charge in [0, 0.05) is 16.8 Å². The van der Waals surface area contributed by atoms with Crippen LogP contribution in [-0.4, -0.2) is 5.91 Å². The van der Waals surface area contributed by atoms with Gasteiger partial charge in [0.1, 0.15) is 0 Å². The molecule has 1 aliphatic rings. The Labute approximate surface area is 106 Å². The summed E-state index contributed by atoms with van der Waals surface area (Å²) in [4.78, 5) is 11.3. The topological polar surface area (TPSA) is 55.1 Å². The van der Waals surface area contributed by atoms with Crippen molar-refractivity contribution in [2.45, 2.75) is 32.7 Å². The Morgan fingerprint density at radius 2 is 2.18 bits per heavy atom. The Hall–Kier alpha value is -1.06. The van der Waals surface area contributed by atoms with Crippen LogP contribution in [0.5, 0.6) is 0 Å². The molecule has 0 saturated heterocycles. The Balaban J connectivity index is 2.30. The average Bonchev–Trinajstić information content (AvgIpc) is 2.54. The van der Waals surface area contributed by atoms with Gasteiger partial charge in [0.2, 0.25) is 5.91 Å². The Kier molecular flexibility index (Phi) is 3.40. The van der Waals surface area contributed by atoms with Crippen LogP contribution < -0.4 is 11.1 Å². The molecule has 4 heteroatoms. The summed E-state index contributed by atoms with van der Waals surface area (Å²) in [6.07, 6.45) is 1.31. The predicted octanol–water partition coefficient (Wildman–Crippen LogP) is 2.88. The maximum Gasteiger partial charge on any atom is 0.228 e. The molecule has 0 bridgehead atoms. The van der Waals surface area contributed by atoms with Crippen molar-refractivity contribution in [2.24, 2.45) is 11.7 Å². The molecular weight excluding hydrogens is 236 g/mol. The van der Waals surface area contributed by atoms with Gasteiger partial charge >= 0.3 is 0 Å². The minimum atomic E-state index is -0.0662. The van der Waals surface area contributed by atoms with Gasteiger partial charge in [0.05, 0.1) is 6.42 Å². The van der Waals surface area contributed by atoms with Gasteiger partial charge in [-0.2, -0.15) is 0 Å². The van der Waals surface area contributed by atoms with Crippen molar-refractivity contribution in [3.8, 4) is 0 Å². The molecule has 0 aromatic heterocycles. The molecule has 1 aliphatic heterocycles. The van der Waals surface area contributed by atoms with Crippen LogP contribution in [0.1, 0.15) is 37.4 Å². The van der Waals surface area contributed by atoms with Gasteiger partial charge in [0.25, 0.3) is 0 Å². The lowest BCUT2D eigenvalue weighted by molar-refractivity contribution is -0.115. The summed E-state index contributed by atoms with van der Waals surface area (Å²) in [6, 6.07) is 3.70. The summed E-state index contributed by atoms with van der Waals surface area (Å²) in [5, 5.41) is 3.42. The fraction of sp³-hybridized carbons (Fsp3) is 0.462. The predicted molar refractivity (Wildman–Crippen MR) is 70.2 cm³/mol. The molecular formula is C13H17ClN2O. The molecule has 1 unspecified atom stereocenters. The standard InChI is InChI=1S/C13H17ClN2O/c1-7(2)3-11(15)9-4-8-5-13(17)16-12(8)6-10(9)14/h4,6-7,11H,3,5,15H2,1-2H3,(H,16,17). The second-order valence-corrected chi connectivity index (χ2v) is 5.40. The average molecular weight is 253 g/mol. The van der Waals surface area contributed by atoms with Gasteiger partial charge in [-0.15, -0.1) is 0 Å². The highest BCUT2D eigenvalue weighted by Crippen LogP contribution is 2.33.